The van der Waals surface area contributed by atoms with Crippen molar-refractivity contribution in [2.75, 3.05) is 26.4 Å². The molecule has 414 valence electrons. The summed E-state index contributed by atoms with van der Waals surface area (Å²) in [5.74, 6) is -1.02. The normalized spacial score (nSPS) is 25.6. The van der Waals surface area contributed by atoms with Crippen molar-refractivity contribution < 1.29 is 73.8 Å². The van der Waals surface area contributed by atoms with Gasteiger partial charge in [0, 0.05) is 12.8 Å². The van der Waals surface area contributed by atoms with E-state index in [0.29, 0.717) is 19.3 Å². The van der Waals surface area contributed by atoms with Gasteiger partial charge >= 0.3 is 11.9 Å². The Kier molecular flexibility index (Phi) is 39.0. The van der Waals surface area contributed by atoms with Gasteiger partial charge in [-0.15, -0.1) is 0 Å². The summed E-state index contributed by atoms with van der Waals surface area (Å²) in [6.45, 7) is 2.48. The van der Waals surface area contributed by atoms with Gasteiger partial charge in [-0.05, 0) is 83.5 Å². The van der Waals surface area contributed by atoms with Crippen LogP contribution in [0.1, 0.15) is 181 Å². The lowest BCUT2D eigenvalue weighted by molar-refractivity contribution is -0.332. The maximum absolute atomic E-state index is 13.0. The van der Waals surface area contributed by atoms with E-state index in [1.807, 2.05) is 6.08 Å². The lowest BCUT2D eigenvalue weighted by Gasteiger charge is -2.42. The summed E-state index contributed by atoms with van der Waals surface area (Å²) in [6.07, 6.45) is 35.0. The van der Waals surface area contributed by atoms with Crippen LogP contribution in [-0.2, 0) is 38.0 Å². The predicted molar refractivity (Wildman–Crippen MR) is 279 cm³/mol. The molecule has 2 saturated heterocycles. The van der Waals surface area contributed by atoms with Crippen LogP contribution in [0.3, 0.4) is 0 Å². The third-order valence-electron chi connectivity index (χ3n) is 12.7. The van der Waals surface area contributed by atoms with Gasteiger partial charge in [0.25, 0.3) is 0 Å². The molecular formula is C57H96O15. The van der Waals surface area contributed by atoms with E-state index in [2.05, 4.69) is 80.7 Å². The minimum absolute atomic E-state index is 0.0908. The Morgan fingerprint density at radius 1 is 0.444 bits per heavy atom. The van der Waals surface area contributed by atoms with Crippen molar-refractivity contribution in [2.24, 2.45) is 0 Å². The first-order chi connectivity index (χ1) is 35.0. The Balaban J connectivity index is 1.82. The zero-order valence-electron chi connectivity index (χ0n) is 43.9. The third-order valence-corrected chi connectivity index (χ3v) is 12.7. The SMILES string of the molecule is CCCCC/C=C/C/C=C/C/C=C/C/C=C/CCCCCC(=O)OC[C@@H](CO[C@@H]1O[C@H](CO[C@@H]2O[C@H](CO)[C@H](O)C(O)C2O)[C@H](O)C(O)C1O)OC(=O)CCC/C=C/C/C=C/CCCCCCCCCCC. The molecule has 2 fully saturated rings. The second-order valence-electron chi connectivity index (χ2n) is 19.0. The first kappa shape index (κ1) is 65.1. The van der Waals surface area contributed by atoms with E-state index < -0.39 is 99.3 Å². The van der Waals surface area contributed by atoms with Crippen LogP contribution in [0.4, 0.5) is 0 Å². The molecule has 4 unspecified atom stereocenters. The average Bonchev–Trinajstić information content (AvgIpc) is 3.37. The third kappa shape index (κ3) is 30.3. The summed E-state index contributed by atoms with van der Waals surface area (Å²) in [6, 6.07) is 0. The summed E-state index contributed by atoms with van der Waals surface area (Å²) in [4.78, 5) is 25.8. The lowest BCUT2D eigenvalue weighted by Crippen LogP contribution is -2.61. The monoisotopic (exact) mass is 1020 g/mol. The Morgan fingerprint density at radius 3 is 1.38 bits per heavy atom. The second kappa shape index (κ2) is 43.2. The Bertz CT molecular complexity index is 1530. The van der Waals surface area contributed by atoms with Gasteiger partial charge in [0.2, 0.25) is 0 Å². The van der Waals surface area contributed by atoms with E-state index >= 15 is 0 Å². The number of aliphatic hydroxyl groups is 7. The molecule has 11 atom stereocenters. The number of esters is 2. The molecule has 0 aromatic rings. The highest BCUT2D eigenvalue weighted by Crippen LogP contribution is 2.26. The molecular weight excluding hydrogens is 925 g/mol. The van der Waals surface area contributed by atoms with Crippen LogP contribution in [-0.4, -0.2) is 142 Å². The molecule has 2 aliphatic heterocycles. The molecule has 0 amide bonds. The van der Waals surface area contributed by atoms with Crippen molar-refractivity contribution in [3.8, 4) is 0 Å². The molecule has 0 spiro atoms. The van der Waals surface area contributed by atoms with Crippen molar-refractivity contribution >= 4 is 11.9 Å². The number of carbonyl (C=O) groups excluding carboxylic acids is 2. The maximum atomic E-state index is 13.0. The van der Waals surface area contributed by atoms with Gasteiger partial charge in [-0.3, -0.25) is 9.59 Å². The number of aliphatic hydroxyl groups excluding tert-OH is 7. The van der Waals surface area contributed by atoms with Gasteiger partial charge in [0.15, 0.2) is 18.7 Å². The molecule has 0 aliphatic carbocycles. The topological polar surface area (TPSA) is 231 Å². The zero-order chi connectivity index (χ0) is 52.4. The van der Waals surface area contributed by atoms with Gasteiger partial charge in [-0.25, -0.2) is 0 Å². The predicted octanol–water partition coefficient (Wildman–Crippen LogP) is 8.60. The number of allylic oxidation sites excluding steroid dienone is 12. The molecule has 0 bridgehead atoms. The fourth-order valence-electron chi connectivity index (χ4n) is 8.12. The van der Waals surface area contributed by atoms with Crippen LogP contribution >= 0.6 is 0 Å². The largest absolute Gasteiger partial charge is 0.462 e. The van der Waals surface area contributed by atoms with Crippen LogP contribution in [0, 0.1) is 0 Å². The van der Waals surface area contributed by atoms with Crippen LogP contribution < -0.4 is 0 Å². The standard InChI is InChI=1S/C57H96O15/c1-3-5-7-9-11-13-15-17-19-21-22-24-25-27-29-31-33-35-37-39-48(59)67-42-45(70-49(60)40-38-36-34-32-30-28-26-23-20-18-16-14-12-10-8-6-4-2)43-68-56-55(66)53(64)51(62)47(72-56)44-69-57-54(65)52(63)50(61)46(41-58)71-57/h11,13,17,19,22,24,26-29,32,34,45-47,50-58,61-66H,3-10,12,14-16,18,20-21,23,25,30-31,33,35-44H2,1-2H3/b13-11+,19-17+,24-22+,28-26+,29-27+,34-32+/t45-,46+,47+,50-,51-,52?,53?,54?,55?,56+,57+/m0/s1. The zero-order valence-corrected chi connectivity index (χ0v) is 43.9. The van der Waals surface area contributed by atoms with E-state index in [1.54, 1.807) is 0 Å². The van der Waals surface area contributed by atoms with E-state index in [1.165, 1.54) is 77.0 Å². The molecule has 72 heavy (non-hydrogen) atoms. The highest BCUT2D eigenvalue weighted by atomic mass is 16.7. The highest BCUT2D eigenvalue weighted by molar-refractivity contribution is 5.70. The molecule has 0 aromatic heterocycles. The lowest BCUT2D eigenvalue weighted by atomic mass is 9.98. The molecule has 0 radical (unpaired) electrons. The quantitative estimate of drug-likeness (QED) is 0.0172. The molecule has 2 rings (SSSR count). The number of unbranched alkanes of at least 4 members (excludes halogenated alkanes) is 16. The Labute approximate surface area is 432 Å². The maximum Gasteiger partial charge on any atom is 0.306 e. The van der Waals surface area contributed by atoms with Crippen molar-refractivity contribution in [1.29, 1.82) is 0 Å². The van der Waals surface area contributed by atoms with E-state index in [-0.39, 0.29) is 19.4 Å². The van der Waals surface area contributed by atoms with Crippen LogP contribution in [0.2, 0.25) is 0 Å². The van der Waals surface area contributed by atoms with Crippen LogP contribution in [0.5, 0.6) is 0 Å². The smallest absolute Gasteiger partial charge is 0.306 e. The van der Waals surface area contributed by atoms with E-state index in [9.17, 15) is 45.3 Å². The minimum Gasteiger partial charge on any atom is -0.462 e. The molecule has 0 aromatic carbocycles. The van der Waals surface area contributed by atoms with Gasteiger partial charge < -0.3 is 64.2 Å². The highest BCUT2D eigenvalue weighted by Gasteiger charge is 2.47. The summed E-state index contributed by atoms with van der Waals surface area (Å²) >= 11 is 0. The van der Waals surface area contributed by atoms with Crippen LogP contribution in [0.25, 0.3) is 0 Å². The molecule has 2 aliphatic rings. The van der Waals surface area contributed by atoms with Crippen molar-refractivity contribution in [3.63, 3.8) is 0 Å². The number of hydrogen-bond acceptors (Lipinski definition) is 15. The van der Waals surface area contributed by atoms with E-state index in [4.69, 9.17) is 28.4 Å². The molecule has 0 saturated carbocycles. The Hall–Kier alpha value is -3.06. The molecule has 2 heterocycles. The fraction of sp³-hybridized carbons (Fsp3) is 0.754. The number of rotatable bonds is 42. The minimum atomic E-state index is -1.78. The molecule has 7 N–H and O–H groups in total. The van der Waals surface area contributed by atoms with E-state index in [0.717, 1.165) is 57.8 Å². The second-order valence-corrected chi connectivity index (χ2v) is 19.0. The molecule has 15 heteroatoms. The van der Waals surface area contributed by atoms with Gasteiger partial charge in [0.05, 0.1) is 19.8 Å². The van der Waals surface area contributed by atoms with Crippen molar-refractivity contribution in [2.45, 2.75) is 248 Å². The molecule has 15 nitrogen and oxygen atoms in total. The number of ether oxygens (including phenoxy) is 6. The average molecular weight is 1020 g/mol. The first-order valence-corrected chi connectivity index (χ1v) is 27.5. The number of hydrogen-bond donors (Lipinski definition) is 7. The van der Waals surface area contributed by atoms with Gasteiger partial charge in [-0.2, -0.15) is 0 Å². The number of carbonyl (C=O) groups is 2. The van der Waals surface area contributed by atoms with Crippen molar-refractivity contribution in [3.05, 3.63) is 72.9 Å². The fourth-order valence-corrected chi connectivity index (χ4v) is 8.12. The van der Waals surface area contributed by atoms with Crippen LogP contribution in [0.15, 0.2) is 72.9 Å². The first-order valence-electron chi connectivity index (χ1n) is 27.5. The van der Waals surface area contributed by atoms with Crippen molar-refractivity contribution in [1.82, 2.24) is 0 Å². The summed E-state index contributed by atoms with van der Waals surface area (Å²) in [7, 11) is 0. The Morgan fingerprint density at radius 2 is 0.847 bits per heavy atom. The van der Waals surface area contributed by atoms with Gasteiger partial charge in [0.1, 0.15) is 55.4 Å². The summed E-state index contributed by atoms with van der Waals surface area (Å²) in [5.41, 5.74) is 0. The summed E-state index contributed by atoms with van der Waals surface area (Å²) < 4.78 is 33.5. The summed E-state index contributed by atoms with van der Waals surface area (Å²) in [5, 5.41) is 72.2. The van der Waals surface area contributed by atoms with Gasteiger partial charge in [-0.1, -0.05) is 157 Å².